The summed E-state index contributed by atoms with van der Waals surface area (Å²) in [5, 5.41) is 8.88. The van der Waals surface area contributed by atoms with Crippen molar-refractivity contribution in [3.8, 4) is 0 Å². The van der Waals surface area contributed by atoms with Crippen molar-refractivity contribution in [2.75, 3.05) is 26.2 Å². The van der Waals surface area contributed by atoms with Gasteiger partial charge in [0.2, 0.25) is 5.91 Å². The number of carboxylic acid groups (broad SMARTS) is 1. The van der Waals surface area contributed by atoms with Gasteiger partial charge in [-0.2, -0.15) is 0 Å². The third kappa shape index (κ3) is 4.29. The number of hydrogen-bond acceptors (Lipinski definition) is 3. The van der Waals surface area contributed by atoms with Crippen LogP contribution in [-0.2, 0) is 9.59 Å². The maximum Gasteiger partial charge on any atom is 0.317 e. The standard InChI is InChI=1S/C13H24N2O3/c1-3-7-15(10-12(16)17)11(2)13(18)14-8-5-4-6-9-14/h11H,3-10H2,1-2H3,(H,16,17). The van der Waals surface area contributed by atoms with Crippen molar-refractivity contribution in [1.82, 2.24) is 9.80 Å². The molecule has 0 radical (unpaired) electrons. The Balaban J connectivity index is 2.59. The second kappa shape index (κ2) is 7.36. The predicted molar refractivity (Wildman–Crippen MR) is 69.4 cm³/mol. The molecule has 1 N–H and O–H groups in total. The van der Waals surface area contributed by atoms with Gasteiger partial charge in [0.05, 0.1) is 12.6 Å². The van der Waals surface area contributed by atoms with Crippen molar-refractivity contribution in [2.24, 2.45) is 0 Å². The summed E-state index contributed by atoms with van der Waals surface area (Å²) in [7, 11) is 0. The lowest BCUT2D eigenvalue weighted by atomic mass is 10.1. The van der Waals surface area contributed by atoms with Gasteiger partial charge in [0, 0.05) is 13.1 Å². The average molecular weight is 256 g/mol. The van der Waals surface area contributed by atoms with E-state index in [4.69, 9.17) is 5.11 Å². The highest BCUT2D eigenvalue weighted by Gasteiger charge is 2.27. The van der Waals surface area contributed by atoms with Crippen LogP contribution < -0.4 is 0 Å². The number of piperidine rings is 1. The normalized spacial score (nSPS) is 17.8. The maximum absolute atomic E-state index is 12.3. The first-order valence-electron chi connectivity index (χ1n) is 6.81. The zero-order valence-corrected chi connectivity index (χ0v) is 11.4. The smallest absolute Gasteiger partial charge is 0.317 e. The molecule has 0 aromatic rings. The van der Waals surface area contributed by atoms with Gasteiger partial charge in [0.15, 0.2) is 0 Å². The van der Waals surface area contributed by atoms with Crippen LogP contribution in [0.3, 0.4) is 0 Å². The van der Waals surface area contributed by atoms with E-state index in [-0.39, 0.29) is 18.5 Å². The van der Waals surface area contributed by atoms with E-state index in [1.54, 1.807) is 4.90 Å². The molecular weight excluding hydrogens is 232 g/mol. The molecule has 104 valence electrons. The molecular formula is C13H24N2O3. The van der Waals surface area contributed by atoms with E-state index < -0.39 is 5.97 Å². The highest BCUT2D eigenvalue weighted by Crippen LogP contribution is 2.12. The summed E-state index contributed by atoms with van der Waals surface area (Å²) in [5.41, 5.74) is 0. The van der Waals surface area contributed by atoms with Crippen LogP contribution in [0.2, 0.25) is 0 Å². The predicted octanol–water partition coefficient (Wildman–Crippen LogP) is 1.18. The Labute approximate surface area is 109 Å². The van der Waals surface area contributed by atoms with Gasteiger partial charge in [0.1, 0.15) is 0 Å². The Kier molecular flexibility index (Phi) is 6.12. The molecule has 1 rings (SSSR count). The third-order valence-corrected chi connectivity index (χ3v) is 3.42. The summed E-state index contributed by atoms with van der Waals surface area (Å²) in [6, 6.07) is -0.334. The molecule has 0 aromatic carbocycles. The van der Waals surface area contributed by atoms with Gasteiger partial charge in [-0.1, -0.05) is 6.92 Å². The Bertz CT molecular complexity index is 288. The first kappa shape index (κ1) is 15.0. The summed E-state index contributed by atoms with van der Waals surface area (Å²) in [5.74, 6) is -0.800. The molecule has 0 spiro atoms. The summed E-state index contributed by atoms with van der Waals surface area (Å²) in [6.45, 7) is 6.02. The van der Waals surface area contributed by atoms with Gasteiger partial charge in [-0.25, -0.2) is 0 Å². The van der Waals surface area contributed by atoms with E-state index in [0.717, 1.165) is 32.4 Å². The molecule has 18 heavy (non-hydrogen) atoms. The van der Waals surface area contributed by atoms with E-state index in [2.05, 4.69) is 0 Å². The van der Waals surface area contributed by atoms with Crippen LogP contribution in [0.5, 0.6) is 0 Å². The third-order valence-electron chi connectivity index (χ3n) is 3.42. The number of aliphatic carboxylic acids is 1. The molecule has 0 aliphatic carbocycles. The fourth-order valence-corrected chi connectivity index (χ4v) is 2.41. The van der Waals surface area contributed by atoms with E-state index in [0.29, 0.717) is 6.54 Å². The van der Waals surface area contributed by atoms with Crippen molar-refractivity contribution in [3.05, 3.63) is 0 Å². The number of hydrogen-bond donors (Lipinski definition) is 1. The minimum Gasteiger partial charge on any atom is -0.480 e. The van der Waals surface area contributed by atoms with Gasteiger partial charge >= 0.3 is 5.97 Å². The molecule has 1 aliphatic heterocycles. The second-order valence-corrected chi connectivity index (χ2v) is 4.93. The van der Waals surface area contributed by atoms with Crippen molar-refractivity contribution in [2.45, 2.75) is 45.6 Å². The highest BCUT2D eigenvalue weighted by atomic mass is 16.4. The maximum atomic E-state index is 12.3. The minimum absolute atomic E-state index is 0.0609. The number of nitrogens with zero attached hydrogens (tertiary/aromatic N) is 2. The molecule has 1 unspecified atom stereocenters. The quantitative estimate of drug-likeness (QED) is 0.775. The zero-order chi connectivity index (χ0) is 13.5. The van der Waals surface area contributed by atoms with Gasteiger partial charge in [-0.05, 0) is 39.2 Å². The van der Waals surface area contributed by atoms with E-state index >= 15 is 0 Å². The molecule has 1 heterocycles. The van der Waals surface area contributed by atoms with Crippen molar-refractivity contribution < 1.29 is 14.7 Å². The van der Waals surface area contributed by atoms with Crippen LogP contribution in [0.1, 0.15) is 39.5 Å². The molecule has 1 aliphatic rings. The largest absolute Gasteiger partial charge is 0.480 e. The number of carbonyl (C=O) groups is 2. The van der Waals surface area contributed by atoms with Crippen LogP contribution in [-0.4, -0.2) is 59.0 Å². The molecule has 5 nitrogen and oxygen atoms in total. The monoisotopic (exact) mass is 256 g/mol. The van der Waals surface area contributed by atoms with E-state index in [9.17, 15) is 9.59 Å². The van der Waals surface area contributed by atoms with E-state index in [1.165, 1.54) is 6.42 Å². The van der Waals surface area contributed by atoms with Gasteiger partial charge < -0.3 is 10.0 Å². The molecule has 5 heteroatoms. The molecule has 1 fully saturated rings. The molecule has 1 amide bonds. The summed E-state index contributed by atoms with van der Waals surface area (Å²) >= 11 is 0. The Hall–Kier alpha value is -1.10. The van der Waals surface area contributed by atoms with E-state index in [1.807, 2.05) is 18.7 Å². The number of rotatable bonds is 6. The zero-order valence-electron chi connectivity index (χ0n) is 11.4. The lowest BCUT2D eigenvalue weighted by Crippen LogP contribution is -2.50. The van der Waals surface area contributed by atoms with Gasteiger partial charge in [-0.15, -0.1) is 0 Å². The van der Waals surface area contributed by atoms with Crippen LogP contribution >= 0.6 is 0 Å². The average Bonchev–Trinajstić information content (AvgIpc) is 2.37. The summed E-state index contributed by atoms with van der Waals surface area (Å²) in [6.07, 6.45) is 4.16. The Morgan fingerprint density at radius 1 is 1.28 bits per heavy atom. The molecule has 0 bridgehead atoms. The number of amides is 1. The summed E-state index contributed by atoms with van der Waals surface area (Å²) < 4.78 is 0. The van der Waals surface area contributed by atoms with Gasteiger partial charge in [0.25, 0.3) is 0 Å². The first-order chi connectivity index (χ1) is 8.56. The van der Waals surface area contributed by atoms with Crippen molar-refractivity contribution in [3.63, 3.8) is 0 Å². The molecule has 0 saturated carbocycles. The molecule has 1 saturated heterocycles. The minimum atomic E-state index is -0.873. The molecule has 0 aromatic heterocycles. The fraction of sp³-hybridized carbons (Fsp3) is 0.846. The number of likely N-dealkylation sites (tertiary alicyclic amines) is 1. The van der Waals surface area contributed by atoms with Gasteiger partial charge in [-0.3, -0.25) is 14.5 Å². The fourth-order valence-electron chi connectivity index (χ4n) is 2.41. The number of carboxylic acids is 1. The second-order valence-electron chi connectivity index (χ2n) is 4.93. The first-order valence-corrected chi connectivity index (χ1v) is 6.81. The van der Waals surface area contributed by atoms with Crippen LogP contribution in [0.25, 0.3) is 0 Å². The molecule has 1 atom stereocenters. The van der Waals surface area contributed by atoms with Crippen LogP contribution in [0.15, 0.2) is 0 Å². The van der Waals surface area contributed by atoms with Crippen LogP contribution in [0, 0.1) is 0 Å². The lowest BCUT2D eigenvalue weighted by Gasteiger charge is -2.33. The van der Waals surface area contributed by atoms with Crippen molar-refractivity contribution in [1.29, 1.82) is 0 Å². The Morgan fingerprint density at radius 3 is 2.39 bits per heavy atom. The van der Waals surface area contributed by atoms with Crippen molar-refractivity contribution >= 4 is 11.9 Å². The SMILES string of the molecule is CCCN(CC(=O)O)C(C)C(=O)N1CCCCC1. The Morgan fingerprint density at radius 2 is 1.89 bits per heavy atom. The van der Waals surface area contributed by atoms with Crippen LogP contribution in [0.4, 0.5) is 0 Å². The summed E-state index contributed by atoms with van der Waals surface area (Å²) in [4.78, 5) is 26.7. The lowest BCUT2D eigenvalue weighted by molar-refractivity contribution is -0.142. The topological polar surface area (TPSA) is 60.9 Å². The highest BCUT2D eigenvalue weighted by molar-refractivity contribution is 5.82. The number of carbonyl (C=O) groups excluding carboxylic acids is 1.